The number of hydrogen-bond acceptors (Lipinski definition) is 4. The summed E-state index contributed by atoms with van der Waals surface area (Å²) in [5, 5.41) is 22.3. The van der Waals surface area contributed by atoms with E-state index in [1.807, 2.05) is 0 Å². The van der Waals surface area contributed by atoms with Gasteiger partial charge in [-0.05, 0) is 12.8 Å². The smallest absolute Gasteiger partial charge is 0.334 e. The van der Waals surface area contributed by atoms with Crippen molar-refractivity contribution < 1.29 is 24.6 Å². The van der Waals surface area contributed by atoms with Gasteiger partial charge in [-0.1, -0.05) is 6.42 Å². The molecule has 0 saturated heterocycles. The molecule has 4 N–H and O–H groups in total. The predicted octanol–water partition coefficient (Wildman–Crippen LogP) is -0.755. The molecular formula is C11H20N2O5. The van der Waals surface area contributed by atoms with Crippen molar-refractivity contribution in [1.29, 1.82) is 0 Å². The van der Waals surface area contributed by atoms with Crippen LogP contribution >= 0.6 is 0 Å². The Morgan fingerprint density at radius 2 is 1.78 bits per heavy atom. The van der Waals surface area contributed by atoms with Crippen molar-refractivity contribution in [2.45, 2.75) is 38.7 Å². The maximum atomic E-state index is 11.2. The number of nitrogens with one attached hydrogen (secondary N) is 2. The van der Waals surface area contributed by atoms with E-state index in [4.69, 9.17) is 10.2 Å². The topological polar surface area (TPSA) is 116 Å². The molecule has 0 aromatic heterocycles. The quantitative estimate of drug-likeness (QED) is 0.407. The predicted molar refractivity (Wildman–Crippen MR) is 63.8 cm³/mol. The molecule has 0 aliphatic heterocycles. The molecule has 0 heterocycles. The minimum Gasteiger partial charge on any atom is -0.479 e. The molecule has 0 aromatic rings. The molecule has 2 amide bonds. The highest BCUT2D eigenvalue weighted by Crippen LogP contribution is 1.98. The van der Waals surface area contributed by atoms with Crippen LogP contribution in [0, 0.1) is 0 Å². The number of carboxylic acids is 1. The number of aliphatic hydroxyl groups excluding tert-OH is 1. The van der Waals surface area contributed by atoms with Crippen LogP contribution in [0.15, 0.2) is 0 Å². The van der Waals surface area contributed by atoms with Gasteiger partial charge in [-0.25, -0.2) is 4.79 Å². The molecule has 0 aromatic carbocycles. The van der Waals surface area contributed by atoms with Gasteiger partial charge in [0.25, 0.3) is 0 Å². The first-order valence-corrected chi connectivity index (χ1v) is 5.85. The van der Waals surface area contributed by atoms with E-state index in [1.165, 1.54) is 6.92 Å². The zero-order valence-electron chi connectivity index (χ0n) is 10.4. The first-order chi connectivity index (χ1) is 8.43. The van der Waals surface area contributed by atoms with Crippen molar-refractivity contribution in [3.8, 4) is 0 Å². The van der Waals surface area contributed by atoms with Crippen LogP contribution in [-0.2, 0) is 14.4 Å². The molecule has 0 radical (unpaired) electrons. The lowest BCUT2D eigenvalue weighted by molar-refractivity contribution is -0.146. The van der Waals surface area contributed by atoms with Gasteiger partial charge in [0.15, 0.2) is 6.10 Å². The third-order valence-electron chi connectivity index (χ3n) is 2.23. The lowest BCUT2D eigenvalue weighted by atomic mass is 10.2. The number of carbonyl (C=O) groups is 3. The van der Waals surface area contributed by atoms with Crippen LogP contribution in [0.4, 0.5) is 0 Å². The van der Waals surface area contributed by atoms with E-state index in [-0.39, 0.29) is 24.8 Å². The standard InChI is InChI=1S/C11H20N2O5/c1-8(14)12-6-4-2-3-5-10(16)13-7-9(15)11(17)18/h9,15H,2-7H2,1H3,(H,12,14)(H,13,16)(H,17,18)/t9-/m0/s1. The molecular weight excluding hydrogens is 240 g/mol. The van der Waals surface area contributed by atoms with E-state index in [1.54, 1.807) is 0 Å². The summed E-state index contributed by atoms with van der Waals surface area (Å²) in [6.07, 6.45) is 0.981. The van der Waals surface area contributed by atoms with Gasteiger partial charge < -0.3 is 20.8 Å². The van der Waals surface area contributed by atoms with Gasteiger partial charge in [-0.2, -0.15) is 0 Å². The van der Waals surface area contributed by atoms with Gasteiger partial charge in [-0.15, -0.1) is 0 Å². The lowest BCUT2D eigenvalue weighted by Gasteiger charge is -2.07. The van der Waals surface area contributed by atoms with Crippen LogP contribution < -0.4 is 10.6 Å². The Bertz CT molecular complexity index is 293. The van der Waals surface area contributed by atoms with Crippen molar-refractivity contribution >= 4 is 17.8 Å². The van der Waals surface area contributed by atoms with Crippen LogP contribution in [0.25, 0.3) is 0 Å². The van der Waals surface area contributed by atoms with Crippen molar-refractivity contribution in [2.24, 2.45) is 0 Å². The fourth-order valence-corrected chi connectivity index (χ4v) is 1.24. The van der Waals surface area contributed by atoms with Gasteiger partial charge in [0, 0.05) is 19.9 Å². The molecule has 104 valence electrons. The molecule has 0 fully saturated rings. The van der Waals surface area contributed by atoms with Gasteiger partial charge in [0.05, 0.1) is 6.54 Å². The third-order valence-corrected chi connectivity index (χ3v) is 2.23. The summed E-state index contributed by atoms with van der Waals surface area (Å²) in [7, 11) is 0. The second-order valence-corrected chi connectivity index (χ2v) is 3.95. The molecule has 7 nitrogen and oxygen atoms in total. The summed E-state index contributed by atoms with van der Waals surface area (Å²) in [6, 6.07) is 0. The Hall–Kier alpha value is -1.63. The number of unbranched alkanes of at least 4 members (excludes halogenated alkanes) is 2. The maximum Gasteiger partial charge on any atom is 0.334 e. The van der Waals surface area contributed by atoms with E-state index < -0.39 is 12.1 Å². The Morgan fingerprint density at radius 1 is 1.11 bits per heavy atom. The summed E-state index contributed by atoms with van der Waals surface area (Å²) in [5.41, 5.74) is 0. The fourth-order valence-electron chi connectivity index (χ4n) is 1.24. The zero-order valence-corrected chi connectivity index (χ0v) is 10.4. The van der Waals surface area contributed by atoms with E-state index in [0.717, 1.165) is 12.8 Å². The van der Waals surface area contributed by atoms with Crippen LogP contribution in [0.3, 0.4) is 0 Å². The number of amides is 2. The van der Waals surface area contributed by atoms with Crippen molar-refractivity contribution in [1.82, 2.24) is 10.6 Å². The highest BCUT2D eigenvalue weighted by atomic mass is 16.4. The van der Waals surface area contributed by atoms with E-state index in [0.29, 0.717) is 13.0 Å². The third kappa shape index (κ3) is 9.59. The van der Waals surface area contributed by atoms with E-state index in [9.17, 15) is 14.4 Å². The Labute approximate surface area is 106 Å². The van der Waals surface area contributed by atoms with Gasteiger partial charge >= 0.3 is 5.97 Å². The zero-order chi connectivity index (χ0) is 14.0. The molecule has 7 heteroatoms. The minimum absolute atomic E-state index is 0.0737. The maximum absolute atomic E-state index is 11.2. The van der Waals surface area contributed by atoms with Crippen molar-refractivity contribution in [3.05, 3.63) is 0 Å². The monoisotopic (exact) mass is 260 g/mol. The first kappa shape index (κ1) is 16.4. The lowest BCUT2D eigenvalue weighted by Crippen LogP contribution is -2.36. The highest BCUT2D eigenvalue weighted by molar-refractivity contribution is 5.77. The Balaban J connectivity index is 3.43. The Kier molecular flexibility index (Phi) is 8.55. The molecule has 0 aliphatic carbocycles. The number of aliphatic hydroxyl groups is 1. The van der Waals surface area contributed by atoms with E-state index >= 15 is 0 Å². The molecule has 1 atom stereocenters. The average molecular weight is 260 g/mol. The van der Waals surface area contributed by atoms with Crippen molar-refractivity contribution in [2.75, 3.05) is 13.1 Å². The summed E-state index contributed by atoms with van der Waals surface area (Å²) in [4.78, 5) is 32.0. The molecule has 0 spiro atoms. The second-order valence-electron chi connectivity index (χ2n) is 3.95. The largest absolute Gasteiger partial charge is 0.479 e. The van der Waals surface area contributed by atoms with Crippen LogP contribution in [0.1, 0.15) is 32.6 Å². The number of aliphatic carboxylic acids is 1. The van der Waals surface area contributed by atoms with Crippen molar-refractivity contribution in [3.63, 3.8) is 0 Å². The average Bonchev–Trinajstić information content (AvgIpc) is 2.29. The number of carbonyl (C=O) groups excluding carboxylic acids is 2. The van der Waals surface area contributed by atoms with Gasteiger partial charge in [-0.3, -0.25) is 9.59 Å². The molecule has 0 unspecified atom stereocenters. The normalized spacial score (nSPS) is 11.7. The molecule has 0 bridgehead atoms. The highest BCUT2D eigenvalue weighted by Gasteiger charge is 2.13. The summed E-state index contributed by atoms with van der Waals surface area (Å²) >= 11 is 0. The second kappa shape index (κ2) is 9.41. The number of rotatable bonds is 9. The number of hydrogen-bond donors (Lipinski definition) is 4. The molecule has 0 aliphatic rings. The molecule has 0 rings (SSSR count). The van der Waals surface area contributed by atoms with Crippen LogP contribution in [-0.4, -0.2) is 47.2 Å². The van der Waals surface area contributed by atoms with Gasteiger partial charge in [0.1, 0.15) is 0 Å². The SMILES string of the molecule is CC(=O)NCCCCCC(=O)NC[C@H](O)C(=O)O. The minimum atomic E-state index is -1.56. The molecule has 0 saturated carbocycles. The van der Waals surface area contributed by atoms with Gasteiger partial charge in [0.2, 0.25) is 11.8 Å². The molecule has 18 heavy (non-hydrogen) atoms. The number of carboxylic acid groups (broad SMARTS) is 1. The Morgan fingerprint density at radius 3 is 2.33 bits per heavy atom. The van der Waals surface area contributed by atoms with Crippen LogP contribution in [0.5, 0.6) is 0 Å². The summed E-state index contributed by atoms with van der Waals surface area (Å²) in [5.74, 6) is -1.71. The summed E-state index contributed by atoms with van der Waals surface area (Å²) in [6.45, 7) is 1.76. The van der Waals surface area contributed by atoms with E-state index in [2.05, 4.69) is 10.6 Å². The summed E-state index contributed by atoms with van der Waals surface area (Å²) < 4.78 is 0. The van der Waals surface area contributed by atoms with Crippen LogP contribution in [0.2, 0.25) is 0 Å². The fraction of sp³-hybridized carbons (Fsp3) is 0.727. The first-order valence-electron chi connectivity index (χ1n) is 5.85.